The van der Waals surface area contributed by atoms with Crippen LogP contribution in [0.1, 0.15) is 0 Å². The third kappa shape index (κ3) is 3.36. The molecule has 5 heterocycles. The molecule has 0 N–H and O–H groups in total. The third-order valence-corrected chi connectivity index (χ3v) is 10.00. The number of pyridine rings is 3. The summed E-state index contributed by atoms with van der Waals surface area (Å²) < 4.78 is 4.93. The Bertz CT molecular complexity index is 2770. The lowest BCUT2D eigenvalue weighted by Gasteiger charge is -2.08. The molecule has 0 aliphatic rings. The summed E-state index contributed by atoms with van der Waals surface area (Å²) in [6.07, 6.45) is 1.83. The summed E-state index contributed by atoms with van der Waals surface area (Å²) in [6, 6.07) is 45.2. The van der Waals surface area contributed by atoms with Crippen LogP contribution in [0.2, 0.25) is 0 Å². The van der Waals surface area contributed by atoms with Crippen molar-refractivity contribution in [3.63, 3.8) is 0 Å². The van der Waals surface area contributed by atoms with Gasteiger partial charge in [0.15, 0.2) is 0 Å². The van der Waals surface area contributed by atoms with E-state index < -0.39 is 0 Å². The first-order valence-corrected chi connectivity index (χ1v) is 15.5. The maximum absolute atomic E-state index is 5.09. The molecule has 5 aromatic carbocycles. The minimum atomic E-state index is 0.935. The number of fused-ring (bicyclic) bond motifs is 13. The first-order valence-electron chi connectivity index (χ1n) is 14.7. The molecule has 0 spiro atoms. The minimum Gasteiger partial charge on any atom is -0.290 e. The number of imidazole rings is 1. The Kier molecular flexibility index (Phi) is 4.84. The Labute approximate surface area is 255 Å². The molecule has 5 heteroatoms. The van der Waals surface area contributed by atoms with Crippen LogP contribution >= 0.6 is 11.3 Å². The zero-order valence-electron chi connectivity index (χ0n) is 23.4. The van der Waals surface area contributed by atoms with Crippen molar-refractivity contribution in [2.75, 3.05) is 0 Å². The molecule has 204 valence electrons. The Morgan fingerprint density at radius 3 is 2.20 bits per heavy atom. The van der Waals surface area contributed by atoms with Crippen molar-refractivity contribution in [3.05, 3.63) is 134 Å². The molecule has 44 heavy (non-hydrogen) atoms. The van der Waals surface area contributed by atoms with E-state index in [1.54, 1.807) is 0 Å². The highest BCUT2D eigenvalue weighted by atomic mass is 32.1. The van der Waals surface area contributed by atoms with E-state index in [1.807, 2.05) is 23.6 Å². The first-order chi connectivity index (χ1) is 21.8. The highest BCUT2D eigenvalue weighted by Crippen LogP contribution is 2.42. The number of rotatable bonds is 2. The van der Waals surface area contributed by atoms with Gasteiger partial charge >= 0.3 is 0 Å². The molecule has 0 bridgehead atoms. The number of thiophene rings is 1. The number of para-hydroxylation sites is 2. The number of hydrogen-bond donors (Lipinski definition) is 0. The molecule has 5 aromatic heterocycles. The molecule has 10 aromatic rings. The van der Waals surface area contributed by atoms with Crippen molar-refractivity contribution in [1.29, 1.82) is 0 Å². The molecular weight excluding hydrogens is 557 g/mol. The summed E-state index contributed by atoms with van der Waals surface area (Å²) >= 11 is 1.86. The molecule has 4 nitrogen and oxygen atoms in total. The zero-order chi connectivity index (χ0) is 28.8. The predicted octanol–water partition coefficient (Wildman–Crippen LogP) is 10.4. The highest BCUT2D eigenvalue weighted by molar-refractivity contribution is 7.26. The molecule has 0 radical (unpaired) electrons. The fraction of sp³-hybridized carbons (Fsp3) is 0. The summed E-state index contributed by atoms with van der Waals surface area (Å²) in [4.78, 5) is 14.8. The Balaban J connectivity index is 1.14. The summed E-state index contributed by atoms with van der Waals surface area (Å²) in [5, 5.41) is 5.89. The Morgan fingerprint density at radius 1 is 0.545 bits per heavy atom. The molecule has 0 saturated carbocycles. The van der Waals surface area contributed by atoms with Gasteiger partial charge < -0.3 is 0 Å². The van der Waals surface area contributed by atoms with Crippen molar-refractivity contribution in [1.82, 2.24) is 19.4 Å². The Hall–Kier alpha value is -5.65. The maximum Gasteiger partial charge on any atom is 0.146 e. The summed E-state index contributed by atoms with van der Waals surface area (Å²) in [5.74, 6) is 0. The van der Waals surface area contributed by atoms with Gasteiger partial charge in [-0.15, -0.1) is 11.3 Å². The van der Waals surface area contributed by atoms with Crippen LogP contribution in [0.5, 0.6) is 0 Å². The molecule has 0 unspecified atom stereocenters. The van der Waals surface area contributed by atoms with Gasteiger partial charge in [-0.25, -0.2) is 9.97 Å². The van der Waals surface area contributed by atoms with Crippen LogP contribution in [-0.4, -0.2) is 19.4 Å². The van der Waals surface area contributed by atoms with Crippen LogP contribution in [0.15, 0.2) is 134 Å². The first kappa shape index (κ1) is 23.9. The molecule has 10 rings (SSSR count). The second-order valence-electron chi connectivity index (χ2n) is 11.3. The van der Waals surface area contributed by atoms with Crippen molar-refractivity contribution in [2.45, 2.75) is 0 Å². The average molecular weight is 579 g/mol. The summed E-state index contributed by atoms with van der Waals surface area (Å²) in [5.41, 5.74) is 10.7. The van der Waals surface area contributed by atoms with Gasteiger partial charge in [0.05, 0.1) is 38.0 Å². The van der Waals surface area contributed by atoms with Crippen LogP contribution in [0.25, 0.3) is 91.9 Å². The largest absolute Gasteiger partial charge is 0.290 e. The normalized spacial score (nSPS) is 12.1. The van der Waals surface area contributed by atoms with E-state index >= 15 is 0 Å². The van der Waals surface area contributed by atoms with Crippen LogP contribution in [-0.2, 0) is 0 Å². The lowest BCUT2D eigenvalue weighted by molar-refractivity contribution is 1.33. The van der Waals surface area contributed by atoms with Gasteiger partial charge in [0.2, 0.25) is 0 Å². The zero-order valence-corrected chi connectivity index (χ0v) is 24.2. The molecule has 0 atom stereocenters. The van der Waals surface area contributed by atoms with Gasteiger partial charge in [0, 0.05) is 43.4 Å². The fourth-order valence-corrected chi connectivity index (χ4v) is 7.90. The second-order valence-corrected chi connectivity index (χ2v) is 12.3. The molecule has 0 amide bonds. The van der Waals surface area contributed by atoms with Gasteiger partial charge in [-0.2, -0.15) is 0 Å². The predicted molar refractivity (Wildman–Crippen MR) is 185 cm³/mol. The number of nitrogens with zero attached hydrogens (tertiary/aromatic N) is 4. The smallest absolute Gasteiger partial charge is 0.146 e. The van der Waals surface area contributed by atoms with Crippen molar-refractivity contribution in [2.24, 2.45) is 0 Å². The molecule has 0 fully saturated rings. The van der Waals surface area contributed by atoms with Gasteiger partial charge in [-0.3, -0.25) is 9.38 Å². The molecule has 0 aliphatic carbocycles. The number of hydrogen-bond acceptors (Lipinski definition) is 4. The lowest BCUT2D eigenvalue weighted by atomic mass is 10.0. The van der Waals surface area contributed by atoms with E-state index in [1.165, 1.54) is 42.2 Å². The number of aromatic nitrogens is 4. The van der Waals surface area contributed by atoms with Crippen LogP contribution in [0, 0.1) is 0 Å². The van der Waals surface area contributed by atoms with E-state index in [2.05, 4.69) is 131 Å². The molecule has 0 saturated heterocycles. The summed E-state index contributed by atoms with van der Waals surface area (Å²) in [6.45, 7) is 0. The topological polar surface area (TPSA) is 43.1 Å². The quantitative estimate of drug-likeness (QED) is 0.192. The van der Waals surface area contributed by atoms with E-state index in [4.69, 9.17) is 9.97 Å². The van der Waals surface area contributed by atoms with Crippen LogP contribution in [0.3, 0.4) is 0 Å². The van der Waals surface area contributed by atoms with E-state index in [-0.39, 0.29) is 0 Å². The highest BCUT2D eigenvalue weighted by Gasteiger charge is 2.18. The third-order valence-electron chi connectivity index (χ3n) is 8.80. The van der Waals surface area contributed by atoms with Gasteiger partial charge in [-0.1, -0.05) is 91.0 Å². The second kappa shape index (κ2) is 8.93. The lowest BCUT2D eigenvalue weighted by Crippen LogP contribution is -1.89. The van der Waals surface area contributed by atoms with Crippen molar-refractivity contribution >= 4 is 80.9 Å². The fourth-order valence-electron chi connectivity index (χ4n) is 6.70. The van der Waals surface area contributed by atoms with Gasteiger partial charge in [0.1, 0.15) is 5.65 Å². The van der Waals surface area contributed by atoms with Crippen molar-refractivity contribution in [3.8, 4) is 22.4 Å². The SMILES string of the molecule is c1cnc2c(c1)ccc1ccc(-c3ccc(-c4ccc5sc6c7ccccc7c7nc8ccccc8n7c6c5c4)cc3)nc12. The van der Waals surface area contributed by atoms with Crippen LogP contribution in [0.4, 0.5) is 0 Å². The Morgan fingerprint density at radius 2 is 1.30 bits per heavy atom. The van der Waals surface area contributed by atoms with Crippen molar-refractivity contribution < 1.29 is 0 Å². The van der Waals surface area contributed by atoms with Gasteiger partial charge in [0.25, 0.3) is 0 Å². The standard InChI is InChI=1S/C39H22N4S/c1-2-8-29-28(7-1)38-37(43-33-10-4-3-9-32(33)42-39(29)43)30-22-27(18-20-34(30)44-38)23-11-13-24(14-12-23)31-19-17-26-16-15-25-6-5-21-40-35(25)36(26)41-31/h1-22H. The minimum absolute atomic E-state index is 0.935. The monoisotopic (exact) mass is 578 g/mol. The average Bonchev–Trinajstić information content (AvgIpc) is 3.67. The summed E-state index contributed by atoms with van der Waals surface area (Å²) in [7, 11) is 0. The maximum atomic E-state index is 5.09. The van der Waals surface area contributed by atoms with Gasteiger partial charge in [-0.05, 0) is 47.5 Å². The number of benzene rings is 5. The van der Waals surface area contributed by atoms with E-state index in [0.717, 1.165) is 49.7 Å². The van der Waals surface area contributed by atoms with E-state index in [0.29, 0.717) is 0 Å². The van der Waals surface area contributed by atoms with E-state index in [9.17, 15) is 0 Å². The molecular formula is C39H22N4S. The van der Waals surface area contributed by atoms with Crippen LogP contribution < -0.4 is 0 Å². The molecule has 0 aliphatic heterocycles.